The van der Waals surface area contributed by atoms with Gasteiger partial charge in [0, 0.05) is 64.9 Å². The predicted molar refractivity (Wildman–Crippen MR) is 166 cm³/mol. The quantitative estimate of drug-likeness (QED) is 0.251. The molecule has 0 spiro atoms. The number of aryl methyl sites for hydroxylation is 2. The SMILES string of the molecule is c1cc2c(c(-c3ccc(-c4c[nH]c5ncc(-c6ccc7c(c6)CC[C@@H](N6C8COCC6C8)CC7)cc45)cc3)n1)OCCO2. The molecule has 0 amide bonds. The molecule has 2 unspecified atom stereocenters. The zero-order chi connectivity index (χ0) is 28.3. The molecule has 1 N–H and O–H groups in total. The number of nitrogens with zero attached hydrogens (tertiary/aromatic N) is 3. The average Bonchev–Trinajstić information content (AvgIpc) is 3.38. The monoisotopic (exact) mass is 570 g/mol. The van der Waals surface area contributed by atoms with Crippen molar-refractivity contribution in [2.75, 3.05) is 26.4 Å². The minimum absolute atomic E-state index is 0.536. The Morgan fingerprint density at radius 2 is 1.53 bits per heavy atom. The lowest BCUT2D eigenvalue weighted by molar-refractivity contribution is -0.148. The Morgan fingerprint density at radius 3 is 2.40 bits per heavy atom. The van der Waals surface area contributed by atoms with Crippen LogP contribution in [0.15, 0.2) is 73.2 Å². The fraction of sp³-hybridized carbons (Fsp3) is 0.333. The lowest BCUT2D eigenvalue weighted by Crippen LogP contribution is -2.66. The molecule has 43 heavy (non-hydrogen) atoms. The van der Waals surface area contributed by atoms with E-state index in [0.717, 1.165) is 76.5 Å². The largest absolute Gasteiger partial charge is 0.486 e. The summed E-state index contributed by atoms with van der Waals surface area (Å²) in [7, 11) is 0. The van der Waals surface area contributed by atoms with Gasteiger partial charge in [-0.1, -0.05) is 42.5 Å². The van der Waals surface area contributed by atoms with Gasteiger partial charge in [0.15, 0.2) is 11.5 Å². The van der Waals surface area contributed by atoms with Gasteiger partial charge in [-0.2, -0.15) is 0 Å². The summed E-state index contributed by atoms with van der Waals surface area (Å²) in [6.45, 7) is 2.94. The second-order valence-electron chi connectivity index (χ2n) is 12.3. The van der Waals surface area contributed by atoms with Crippen molar-refractivity contribution in [1.29, 1.82) is 0 Å². The number of rotatable bonds is 4. The molecule has 6 heterocycles. The molecule has 2 saturated heterocycles. The van der Waals surface area contributed by atoms with Crippen LogP contribution in [0.25, 0.3) is 44.5 Å². The van der Waals surface area contributed by atoms with Crippen molar-refractivity contribution in [3.05, 3.63) is 84.3 Å². The Hall–Kier alpha value is -4.20. The fourth-order valence-corrected chi connectivity index (χ4v) is 7.72. The predicted octanol–water partition coefficient (Wildman–Crippen LogP) is 6.45. The standard InChI is InChI=1S/C36H34N4O3/c1-6-26(15-25-8-10-28(9-7-22(1)25)40-29-17-30(40)21-41-20-29)27-16-31-32(19-39-36(31)38-18-27)23-2-4-24(5-3-23)34-35-33(11-12-37-34)42-13-14-43-35/h1-6,11-12,15-16,18-19,28-30H,7-10,13-14,17,20-21H2,(H,38,39)/t28-,29?,30?/m0/s1. The number of H-pyrrole nitrogens is 1. The summed E-state index contributed by atoms with van der Waals surface area (Å²) in [5.74, 6) is 1.47. The maximum atomic E-state index is 5.90. The van der Waals surface area contributed by atoms with Gasteiger partial charge in [0.25, 0.3) is 0 Å². The summed E-state index contributed by atoms with van der Waals surface area (Å²) in [4.78, 5) is 15.6. The second-order valence-corrected chi connectivity index (χ2v) is 12.3. The molecular formula is C36H34N4O3. The van der Waals surface area contributed by atoms with E-state index in [1.165, 1.54) is 36.0 Å². The second kappa shape index (κ2) is 10.2. The molecule has 7 heteroatoms. The molecule has 4 aliphatic rings. The highest BCUT2D eigenvalue weighted by atomic mass is 16.6. The Kier molecular flexibility index (Phi) is 6.01. The van der Waals surface area contributed by atoms with E-state index >= 15 is 0 Å². The fourth-order valence-electron chi connectivity index (χ4n) is 7.72. The van der Waals surface area contributed by atoms with E-state index in [1.54, 1.807) is 6.20 Å². The van der Waals surface area contributed by atoms with Crippen molar-refractivity contribution < 1.29 is 14.2 Å². The Balaban J connectivity index is 0.986. The van der Waals surface area contributed by atoms with Gasteiger partial charge >= 0.3 is 0 Å². The van der Waals surface area contributed by atoms with Crippen LogP contribution in [0.3, 0.4) is 0 Å². The van der Waals surface area contributed by atoms with Gasteiger partial charge in [-0.25, -0.2) is 4.98 Å². The summed E-state index contributed by atoms with van der Waals surface area (Å²) < 4.78 is 17.4. The molecule has 0 saturated carbocycles. The summed E-state index contributed by atoms with van der Waals surface area (Å²) in [6.07, 6.45) is 11.9. The lowest BCUT2D eigenvalue weighted by atomic mass is 9.87. The van der Waals surface area contributed by atoms with Gasteiger partial charge in [0.2, 0.25) is 0 Å². The van der Waals surface area contributed by atoms with Crippen LogP contribution < -0.4 is 9.47 Å². The molecule has 3 aliphatic heterocycles. The van der Waals surface area contributed by atoms with Crippen LogP contribution >= 0.6 is 0 Å². The van der Waals surface area contributed by atoms with Crippen molar-refractivity contribution in [2.45, 2.75) is 50.2 Å². The molecule has 9 rings (SSSR count). The van der Waals surface area contributed by atoms with Crippen molar-refractivity contribution in [3.8, 4) is 45.0 Å². The van der Waals surface area contributed by atoms with E-state index in [1.807, 2.05) is 12.3 Å². The van der Waals surface area contributed by atoms with Crippen LogP contribution in [-0.2, 0) is 17.6 Å². The van der Waals surface area contributed by atoms with Gasteiger partial charge in [0.05, 0.1) is 13.2 Å². The number of hydrogen-bond acceptors (Lipinski definition) is 6. The molecular weight excluding hydrogens is 536 g/mol. The van der Waals surface area contributed by atoms with Crippen molar-refractivity contribution in [2.24, 2.45) is 0 Å². The van der Waals surface area contributed by atoms with Crippen molar-refractivity contribution in [3.63, 3.8) is 0 Å². The Morgan fingerprint density at radius 1 is 0.744 bits per heavy atom. The highest BCUT2D eigenvalue weighted by Gasteiger charge is 2.45. The van der Waals surface area contributed by atoms with Crippen LogP contribution in [0, 0.1) is 0 Å². The highest BCUT2D eigenvalue weighted by Crippen LogP contribution is 2.40. The number of benzene rings is 2. The van der Waals surface area contributed by atoms with Gasteiger partial charge < -0.3 is 19.2 Å². The number of aromatic nitrogens is 3. The number of pyridine rings is 2. The molecule has 2 fully saturated rings. The molecule has 216 valence electrons. The molecule has 1 aliphatic carbocycles. The van der Waals surface area contributed by atoms with E-state index in [-0.39, 0.29) is 0 Å². The van der Waals surface area contributed by atoms with Crippen LogP contribution in [-0.4, -0.2) is 64.4 Å². The minimum Gasteiger partial charge on any atom is -0.486 e. The van der Waals surface area contributed by atoms with E-state index < -0.39 is 0 Å². The highest BCUT2D eigenvalue weighted by molar-refractivity contribution is 5.96. The molecule has 5 aromatic rings. The van der Waals surface area contributed by atoms with Crippen LogP contribution in [0.4, 0.5) is 0 Å². The zero-order valence-corrected chi connectivity index (χ0v) is 24.1. The van der Waals surface area contributed by atoms with E-state index in [2.05, 4.69) is 69.6 Å². The number of nitrogens with one attached hydrogen (secondary N) is 1. The summed E-state index contributed by atoms with van der Waals surface area (Å²) in [5.41, 5.74) is 10.4. The summed E-state index contributed by atoms with van der Waals surface area (Å²) in [6, 6.07) is 21.7. The number of aromatic amines is 1. The van der Waals surface area contributed by atoms with Crippen LogP contribution in [0.2, 0.25) is 0 Å². The molecule has 7 nitrogen and oxygen atoms in total. The maximum absolute atomic E-state index is 5.90. The Bertz CT molecular complexity index is 1820. The summed E-state index contributed by atoms with van der Waals surface area (Å²) >= 11 is 0. The number of fused-ring (bicyclic) bond motifs is 5. The third-order valence-corrected chi connectivity index (χ3v) is 9.92. The number of hydrogen-bond donors (Lipinski definition) is 1. The number of ether oxygens (including phenoxy) is 3. The van der Waals surface area contributed by atoms with Crippen molar-refractivity contribution >= 4 is 11.0 Å². The topological polar surface area (TPSA) is 72.5 Å². The first-order chi connectivity index (χ1) is 21.3. The Labute approximate surface area is 250 Å². The molecule has 0 radical (unpaired) electrons. The van der Waals surface area contributed by atoms with Gasteiger partial charge in [-0.05, 0) is 60.4 Å². The average molecular weight is 571 g/mol. The van der Waals surface area contributed by atoms with Gasteiger partial charge in [-0.3, -0.25) is 9.88 Å². The van der Waals surface area contributed by atoms with E-state index in [0.29, 0.717) is 31.3 Å². The van der Waals surface area contributed by atoms with Crippen LogP contribution in [0.1, 0.15) is 30.4 Å². The molecule has 3 atom stereocenters. The van der Waals surface area contributed by atoms with Crippen molar-refractivity contribution in [1.82, 2.24) is 19.9 Å². The van der Waals surface area contributed by atoms with Crippen LogP contribution in [0.5, 0.6) is 11.5 Å². The third-order valence-electron chi connectivity index (χ3n) is 9.92. The number of morpholine rings is 1. The third kappa shape index (κ3) is 4.33. The first-order valence-corrected chi connectivity index (χ1v) is 15.6. The van der Waals surface area contributed by atoms with Gasteiger partial charge in [-0.15, -0.1) is 0 Å². The first-order valence-electron chi connectivity index (χ1n) is 15.6. The maximum Gasteiger partial charge on any atom is 0.187 e. The van der Waals surface area contributed by atoms with E-state index in [4.69, 9.17) is 19.2 Å². The molecule has 2 bridgehead atoms. The first kappa shape index (κ1) is 25.3. The zero-order valence-electron chi connectivity index (χ0n) is 24.1. The minimum atomic E-state index is 0.536. The molecule has 3 aromatic heterocycles. The van der Waals surface area contributed by atoms with Gasteiger partial charge in [0.1, 0.15) is 24.6 Å². The van der Waals surface area contributed by atoms with E-state index in [9.17, 15) is 0 Å². The molecule has 2 aromatic carbocycles. The summed E-state index contributed by atoms with van der Waals surface area (Å²) in [5, 5.41) is 1.12. The lowest BCUT2D eigenvalue weighted by Gasteiger charge is -2.56. The normalized spacial score (nSPS) is 22.9. The smallest absolute Gasteiger partial charge is 0.187 e.